The summed E-state index contributed by atoms with van der Waals surface area (Å²) in [7, 11) is 2.11. The van der Waals surface area contributed by atoms with Gasteiger partial charge in [0.1, 0.15) is 0 Å². The van der Waals surface area contributed by atoms with Gasteiger partial charge in [0.25, 0.3) is 0 Å². The number of hydrogen-bond acceptors (Lipinski definition) is 2. The first-order valence-corrected chi connectivity index (χ1v) is 5.90. The lowest BCUT2D eigenvalue weighted by atomic mass is 10.2. The fourth-order valence-electron chi connectivity index (χ4n) is 1.96. The number of rotatable bonds is 4. The Labute approximate surface area is 103 Å². The third kappa shape index (κ3) is 2.74. The third-order valence-electron chi connectivity index (χ3n) is 3.25. The van der Waals surface area contributed by atoms with Gasteiger partial charge >= 0.3 is 0 Å². The fraction of sp³-hybridized carbons (Fsp3) is 0.357. The van der Waals surface area contributed by atoms with Crippen molar-refractivity contribution in [2.45, 2.75) is 26.9 Å². The molecule has 0 aliphatic rings. The van der Waals surface area contributed by atoms with Crippen LogP contribution in [0.5, 0.6) is 0 Å². The van der Waals surface area contributed by atoms with Crippen LogP contribution in [0.2, 0.25) is 0 Å². The van der Waals surface area contributed by atoms with Crippen molar-refractivity contribution in [1.29, 1.82) is 0 Å². The summed E-state index contributed by atoms with van der Waals surface area (Å²) in [5, 5.41) is 3.45. The molecule has 1 N–H and O–H groups in total. The van der Waals surface area contributed by atoms with Crippen molar-refractivity contribution < 1.29 is 0 Å². The maximum atomic E-state index is 4.10. The molecule has 0 aliphatic carbocycles. The van der Waals surface area contributed by atoms with E-state index in [-0.39, 0.29) is 0 Å². The van der Waals surface area contributed by atoms with Crippen LogP contribution in [-0.2, 0) is 20.1 Å². The molecule has 90 valence electrons. The first-order valence-electron chi connectivity index (χ1n) is 5.90. The smallest absolute Gasteiger partial charge is 0.0312 e. The summed E-state index contributed by atoms with van der Waals surface area (Å²) in [6, 6.07) is 6.30. The van der Waals surface area contributed by atoms with E-state index in [1.807, 2.05) is 12.3 Å². The van der Waals surface area contributed by atoms with Crippen LogP contribution >= 0.6 is 0 Å². The molecule has 17 heavy (non-hydrogen) atoms. The van der Waals surface area contributed by atoms with Gasteiger partial charge in [-0.25, -0.2) is 0 Å². The normalized spacial score (nSPS) is 10.8. The van der Waals surface area contributed by atoms with Crippen molar-refractivity contribution in [2.75, 3.05) is 0 Å². The summed E-state index contributed by atoms with van der Waals surface area (Å²) >= 11 is 0. The number of aromatic nitrogens is 2. The standard InChI is InChI=1S/C14H19N3/c1-11-7-14(12(2)17(11)3)10-16-9-13-5-4-6-15-8-13/h4-8,16H,9-10H2,1-3H3. The van der Waals surface area contributed by atoms with E-state index in [9.17, 15) is 0 Å². The molecule has 0 atom stereocenters. The number of nitrogens with zero attached hydrogens (tertiary/aromatic N) is 2. The minimum Gasteiger partial charge on any atom is -0.352 e. The zero-order valence-electron chi connectivity index (χ0n) is 10.7. The first-order chi connectivity index (χ1) is 8.18. The molecule has 0 spiro atoms. The second-order valence-corrected chi connectivity index (χ2v) is 4.42. The Morgan fingerprint density at radius 3 is 2.71 bits per heavy atom. The topological polar surface area (TPSA) is 29.9 Å². The summed E-state index contributed by atoms with van der Waals surface area (Å²) in [5.41, 5.74) is 5.23. The number of hydrogen-bond donors (Lipinski definition) is 1. The summed E-state index contributed by atoms with van der Waals surface area (Å²) in [6.45, 7) is 6.06. The molecule has 2 heterocycles. The minimum absolute atomic E-state index is 0.862. The Bertz CT molecular complexity index is 486. The second-order valence-electron chi connectivity index (χ2n) is 4.42. The summed E-state index contributed by atoms with van der Waals surface area (Å²) in [5.74, 6) is 0. The monoisotopic (exact) mass is 229 g/mol. The number of aryl methyl sites for hydroxylation is 1. The molecule has 3 heteroatoms. The number of nitrogens with one attached hydrogen (secondary N) is 1. The van der Waals surface area contributed by atoms with Crippen molar-refractivity contribution in [1.82, 2.24) is 14.9 Å². The highest BCUT2D eigenvalue weighted by Crippen LogP contribution is 2.12. The van der Waals surface area contributed by atoms with Crippen molar-refractivity contribution in [3.05, 3.63) is 53.1 Å². The van der Waals surface area contributed by atoms with Crippen LogP contribution in [0.4, 0.5) is 0 Å². The molecule has 0 saturated heterocycles. The molecule has 2 rings (SSSR count). The van der Waals surface area contributed by atoms with Gasteiger partial charge in [0.05, 0.1) is 0 Å². The van der Waals surface area contributed by atoms with E-state index in [0.29, 0.717) is 0 Å². The van der Waals surface area contributed by atoms with E-state index in [2.05, 4.69) is 47.9 Å². The largest absolute Gasteiger partial charge is 0.352 e. The van der Waals surface area contributed by atoms with Gasteiger partial charge in [-0.15, -0.1) is 0 Å². The lowest BCUT2D eigenvalue weighted by molar-refractivity contribution is 0.685. The van der Waals surface area contributed by atoms with Crippen LogP contribution in [0.1, 0.15) is 22.5 Å². The predicted molar refractivity (Wildman–Crippen MR) is 69.7 cm³/mol. The van der Waals surface area contributed by atoms with Gasteiger partial charge in [-0.2, -0.15) is 0 Å². The predicted octanol–water partition coefficient (Wildman–Crippen LogP) is 2.33. The summed E-state index contributed by atoms with van der Waals surface area (Å²) in [6.07, 6.45) is 3.70. The van der Waals surface area contributed by atoms with E-state index in [1.54, 1.807) is 6.20 Å². The molecule has 0 aliphatic heterocycles. The Morgan fingerprint density at radius 1 is 1.29 bits per heavy atom. The van der Waals surface area contributed by atoms with Crippen LogP contribution in [0.3, 0.4) is 0 Å². The molecule has 0 saturated carbocycles. The van der Waals surface area contributed by atoms with Crippen molar-refractivity contribution >= 4 is 0 Å². The third-order valence-corrected chi connectivity index (χ3v) is 3.25. The Morgan fingerprint density at radius 2 is 2.12 bits per heavy atom. The van der Waals surface area contributed by atoms with Crippen molar-refractivity contribution in [2.24, 2.45) is 7.05 Å². The van der Waals surface area contributed by atoms with Crippen LogP contribution in [0.25, 0.3) is 0 Å². The summed E-state index contributed by atoms with van der Waals surface area (Å²) < 4.78 is 2.22. The molecular weight excluding hydrogens is 210 g/mol. The Balaban J connectivity index is 1.92. The quantitative estimate of drug-likeness (QED) is 0.872. The van der Waals surface area contributed by atoms with Gasteiger partial charge in [0.2, 0.25) is 0 Å². The Kier molecular flexibility index (Phi) is 3.59. The van der Waals surface area contributed by atoms with E-state index in [4.69, 9.17) is 0 Å². The molecule has 2 aromatic heterocycles. The van der Waals surface area contributed by atoms with Gasteiger partial charge in [-0.05, 0) is 37.1 Å². The van der Waals surface area contributed by atoms with E-state index in [1.165, 1.54) is 22.5 Å². The van der Waals surface area contributed by atoms with Crippen LogP contribution < -0.4 is 5.32 Å². The van der Waals surface area contributed by atoms with Crippen molar-refractivity contribution in [3.8, 4) is 0 Å². The molecule has 0 aromatic carbocycles. The molecule has 2 aromatic rings. The lowest BCUT2D eigenvalue weighted by Gasteiger charge is -2.05. The highest BCUT2D eigenvalue weighted by Gasteiger charge is 2.05. The van der Waals surface area contributed by atoms with Gasteiger partial charge < -0.3 is 9.88 Å². The average molecular weight is 229 g/mol. The zero-order valence-corrected chi connectivity index (χ0v) is 10.7. The maximum absolute atomic E-state index is 4.10. The van der Waals surface area contributed by atoms with Crippen LogP contribution in [-0.4, -0.2) is 9.55 Å². The Hall–Kier alpha value is -1.61. The number of pyridine rings is 1. The molecule has 0 amide bonds. The van der Waals surface area contributed by atoms with Crippen molar-refractivity contribution in [3.63, 3.8) is 0 Å². The van der Waals surface area contributed by atoms with E-state index < -0.39 is 0 Å². The first kappa shape index (κ1) is 11.9. The molecule has 0 radical (unpaired) electrons. The van der Waals surface area contributed by atoms with Gasteiger partial charge in [0, 0.05) is 43.9 Å². The van der Waals surface area contributed by atoms with Gasteiger partial charge in [-0.3, -0.25) is 4.98 Å². The molecule has 3 nitrogen and oxygen atoms in total. The highest BCUT2D eigenvalue weighted by molar-refractivity contribution is 5.26. The van der Waals surface area contributed by atoms with Crippen LogP contribution in [0.15, 0.2) is 30.6 Å². The SMILES string of the molecule is Cc1cc(CNCc2cccnc2)c(C)n1C. The molecular formula is C14H19N3. The van der Waals surface area contributed by atoms with Crippen LogP contribution in [0, 0.1) is 13.8 Å². The van der Waals surface area contributed by atoms with E-state index >= 15 is 0 Å². The lowest BCUT2D eigenvalue weighted by Crippen LogP contribution is -2.13. The fourth-order valence-corrected chi connectivity index (χ4v) is 1.96. The molecule has 0 unspecified atom stereocenters. The van der Waals surface area contributed by atoms with E-state index in [0.717, 1.165) is 13.1 Å². The highest BCUT2D eigenvalue weighted by atomic mass is 15.0. The molecule has 0 fully saturated rings. The van der Waals surface area contributed by atoms with Gasteiger partial charge in [0.15, 0.2) is 0 Å². The van der Waals surface area contributed by atoms with Gasteiger partial charge in [-0.1, -0.05) is 6.07 Å². The zero-order chi connectivity index (χ0) is 12.3. The molecule has 0 bridgehead atoms. The summed E-state index contributed by atoms with van der Waals surface area (Å²) in [4.78, 5) is 4.10. The minimum atomic E-state index is 0.862. The average Bonchev–Trinajstić information content (AvgIpc) is 2.59. The maximum Gasteiger partial charge on any atom is 0.0312 e. The second kappa shape index (κ2) is 5.15.